The van der Waals surface area contributed by atoms with E-state index in [1.54, 1.807) is 12.1 Å². The molecule has 1 fully saturated rings. The van der Waals surface area contributed by atoms with Crippen LogP contribution in [0.1, 0.15) is 27.7 Å². The van der Waals surface area contributed by atoms with E-state index in [0.29, 0.717) is 5.75 Å². The first-order chi connectivity index (χ1) is 16.1. The number of rotatable bonds is 7. The molecule has 2 aromatic rings. The van der Waals surface area contributed by atoms with E-state index in [0.717, 1.165) is 24.6 Å². The van der Waals surface area contributed by atoms with Crippen molar-refractivity contribution in [3.63, 3.8) is 0 Å². The average Bonchev–Trinajstić information content (AvgIpc) is 2.75. The number of hydrogen-bond donors (Lipinski definition) is 0. The molecule has 1 aliphatic heterocycles. The molecule has 0 radical (unpaired) electrons. The first kappa shape index (κ1) is 25.0. The van der Waals surface area contributed by atoms with Crippen LogP contribution < -0.4 is 4.74 Å². The Morgan fingerprint density at radius 1 is 0.735 bits per heavy atom. The van der Waals surface area contributed by atoms with E-state index < -0.39 is 54.6 Å². The van der Waals surface area contributed by atoms with Gasteiger partial charge in [-0.3, -0.25) is 19.2 Å². The Hall–Kier alpha value is -3.66. The molecule has 0 aromatic heterocycles. The van der Waals surface area contributed by atoms with E-state index in [-0.39, 0.29) is 6.61 Å². The van der Waals surface area contributed by atoms with Gasteiger partial charge >= 0.3 is 23.9 Å². The molecule has 2 aromatic carbocycles. The second-order valence-electron chi connectivity index (χ2n) is 7.69. The summed E-state index contributed by atoms with van der Waals surface area (Å²) in [4.78, 5) is 47.0. The third kappa shape index (κ3) is 6.44. The fraction of sp³-hybridized carbons (Fsp3) is 0.417. The summed E-state index contributed by atoms with van der Waals surface area (Å²) in [5.74, 6) is -2.31. The van der Waals surface area contributed by atoms with Gasteiger partial charge in [-0.15, -0.1) is 0 Å². The zero-order valence-electron chi connectivity index (χ0n) is 19.2. The van der Waals surface area contributed by atoms with Crippen molar-refractivity contribution in [2.24, 2.45) is 0 Å². The normalized spacial score (nSPS) is 24.1. The van der Waals surface area contributed by atoms with Crippen molar-refractivity contribution in [3.8, 4) is 5.75 Å². The van der Waals surface area contributed by atoms with Crippen molar-refractivity contribution >= 4 is 34.6 Å². The molecule has 10 nitrogen and oxygen atoms in total. The van der Waals surface area contributed by atoms with Gasteiger partial charge in [0, 0.05) is 27.7 Å². The Morgan fingerprint density at radius 2 is 1.32 bits per heavy atom. The molecule has 0 N–H and O–H groups in total. The van der Waals surface area contributed by atoms with Gasteiger partial charge in [0.25, 0.3) is 0 Å². The van der Waals surface area contributed by atoms with E-state index >= 15 is 0 Å². The maximum Gasteiger partial charge on any atom is 0.303 e. The molecule has 34 heavy (non-hydrogen) atoms. The maximum absolute atomic E-state index is 11.9. The average molecular weight is 474 g/mol. The molecule has 0 amide bonds. The molecule has 0 aliphatic carbocycles. The Balaban J connectivity index is 1.98. The molecule has 3 rings (SSSR count). The van der Waals surface area contributed by atoms with Crippen molar-refractivity contribution in [3.05, 3.63) is 42.5 Å². The lowest BCUT2D eigenvalue weighted by Gasteiger charge is -2.43. The molecular weight excluding hydrogens is 448 g/mol. The van der Waals surface area contributed by atoms with Crippen molar-refractivity contribution in [1.82, 2.24) is 0 Å². The van der Waals surface area contributed by atoms with Crippen molar-refractivity contribution in [1.29, 1.82) is 0 Å². The van der Waals surface area contributed by atoms with E-state index in [1.807, 2.05) is 30.3 Å². The van der Waals surface area contributed by atoms with Gasteiger partial charge in [-0.1, -0.05) is 30.3 Å². The summed E-state index contributed by atoms with van der Waals surface area (Å²) in [6, 6.07) is 12.9. The number of carbonyl (C=O) groups is 4. The van der Waals surface area contributed by atoms with Crippen LogP contribution in [0.4, 0.5) is 0 Å². The van der Waals surface area contributed by atoms with Crippen LogP contribution in [0.3, 0.4) is 0 Å². The maximum atomic E-state index is 11.9. The summed E-state index contributed by atoms with van der Waals surface area (Å²) in [7, 11) is 0. The van der Waals surface area contributed by atoms with Crippen LogP contribution in [0.25, 0.3) is 10.8 Å². The van der Waals surface area contributed by atoms with Crippen LogP contribution in [-0.4, -0.2) is 61.2 Å². The largest absolute Gasteiger partial charge is 0.463 e. The molecule has 0 saturated carbocycles. The lowest BCUT2D eigenvalue weighted by atomic mass is 9.98. The molecule has 1 saturated heterocycles. The van der Waals surface area contributed by atoms with Crippen LogP contribution in [0.5, 0.6) is 5.75 Å². The zero-order valence-corrected chi connectivity index (χ0v) is 19.2. The van der Waals surface area contributed by atoms with Gasteiger partial charge in [0.15, 0.2) is 12.2 Å². The third-order valence-electron chi connectivity index (χ3n) is 4.92. The quantitative estimate of drug-likeness (QED) is 0.436. The van der Waals surface area contributed by atoms with Gasteiger partial charge in [0.1, 0.15) is 18.5 Å². The van der Waals surface area contributed by atoms with Gasteiger partial charge < -0.3 is 28.4 Å². The van der Waals surface area contributed by atoms with Gasteiger partial charge in [-0.25, -0.2) is 0 Å². The van der Waals surface area contributed by atoms with Crippen molar-refractivity contribution in [2.75, 3.05) is 6.61 Å². The number of benzene rings is 2. The third-order valence-corrected chi connectivity index (χ3v) is 4.92. The molecule has 1 heterocycles. The highest BCUT2D eigenvalue weighted by Gasteiger charge is 2.53. The monoisotopic (exact) mass is 474 g/mol. The topological polar surface area (TPSA) is 124 Å². The van der Waals surface area contributed by atoms with Crippen molar-refractivity contribution in [2.45, 2.75) is 58.4 Å². The number of ether oxygens (including phenoxy) is 6. The van der Waals surface area contributed by atoms with Crippen molar-refractivity contribution < 1.29 is 47.6 Å². The van der Waals surface area contributed by atoms with Crippen LogP contribution in [0.2, 0.25) is 0 Å². The predicted octanol–water partition coefficient (Wildman–Crippen LogP) is 2.30. The molecule has 10 heteroatoms. The molecule has 0 bridgehead atoms. The summed E-state index contributed by atoms with van der Waals surface area (Å²) in [5.41, 5.74) is 0. The molecule has 5 atom stereocenters. The van der Waals surface area contributed by atoms with Crippen LogP contribution >= 0.6 is 0 Å². The summed E-state index contributed by atoms with van der Waals surface area (Å²) >= 11 is 0. The Labute approximate surface area is 196 Å². The summed E-state index contributed by atoms with van der Waals surface area (Å²) in [6.45, 7) is 4.37. The Morgan fingerprint density at radius 3 is 1.94 bits per heavy atom. The first-order valence-corrected chi connectivity index (χ1v) is 10.6. The van der Waals surface area contributed by atoms with Crippen LogP contribution in [0, 0.1) is 0 Å². The fourth-order valence-corrected chi connectivity index (χ4v) is 3.66. The minimum absolute atomic E-state index is 0.324. The molecular formula is C24H26O10. The Kier molecular flexibility index (Phi) is 8.06. The lowest BCUT2D eigenvalue weighted by Crippen LogP contribution is -2.63. The van der Waals surface area contributed by atoms with E-state index in [2.05, 4.69) is 0 Å². The second kappa shape index (κ2) is 11.0. The number of fused-ring (bicyclic) bond motifs is 1. The SMILES string of the molecule is CC(=O)OC[C@@H]1O[C@H](Oc2ccc3ccccc3c2)[C@H](OC(C)=O)[C@H](OC(C)=O)[C@@H]1OC(C)=O. The van der Waals surface area contributed by atoms with E-state index in [1.165, 1.54) is 13.8 Å². The smallest absolute Gasteiger partial charge is 0.303 e. The highest BCUT2D eigenvalue weighted by atomic mass is 16.7. The molecule has 0 unspecified atom stereocenters. The van der Waals surface area contributed by atoms with Gasteiger partial charge in [0.2, 0.25) is 12.4 Å². The molecule has 1 aliphatic rings. The van der Waals surface area contributed by atoms with Gasteiger partial charge in [-0.2, -0.15) is 0 Å². The summed E-state index contributed by atoms with van der Waals surface area (Å²) in [5, 5.41) is 1.88. The highest BCUT2D eigenvalue weighted by molar-refractivity contribution is 5.83. The van der Waals surface area contributed by atoms with Crippen LogP contribution in [-0.2, 0) is 42.9 Å². The summed E-state index contributed by atoms with van der Waals surface area (Å²) in [6.07, 6.45) is -6.16. The second-order valence-corrected chi connectivity index (χ2v) is 7.69. The fourth-order valence-electron chi connectivity index (χ4n) is 3.66. The number of esters is 4. The van der Waals surface area contributed by atoms with Gasteiger partial charge in [0.05, 0.1) is 0 Å². The lowest BCUT2D eigenvalue weighted by molar-refractivity contribution is -0.288. The number of carbonyl (C=O) groups excluding carboxylic acids is 4. The molecule has 182 valence electrons. The first-order valence-electron chi connectivity index (χ1n) is 10.6. The Bertz CT molecular complexity index is 1060. The zero-order chi connectivity index (χ0) is 24.8. The van der Waals surface area contributed by atoms with E-state index in [9.17, 15) is 19.2 Å². The highest BCUT2D eigenvalue weighted by Crippen LogP contribution is 2.31. The minimum atomic E-state index is -1.29. The summed E-state index contributed by atoms with van der Waals surface area (Å²) < 4.78 is 33.1. The predicted molar refractivity (Wildman–Crippen MR) is 117 cm³/mol. The number of hydrogen-bond acceptors (Lipinski definition) is 10. The van der Waals surface area contributed by atoms with Gasteiger partial charge in [-0.05, 0) is 22.9 Å². The molecule has 0 spiro atoms. The minimum Gasteiger partial charge on any atom is -0.463 e. The van der Waals surface area contributed by atoms with Crippen LogP contribution in [0.15, 0.2) is 42.5 Å². The van der Waals surface area contributed by atoms with E-state index in [4.69, 9.17) is 28.4 Å². The standard InChI is InChI=1S/C24H26O10/c1-13(25)29-12-20-21(30-14(2)26)22(31-15(3)27)23(32-16(4)28)24(34-20)33-19-10-9-17-7-5-6-8-18(17)11-19/h5-11,20-24H,12H2,1-4H3/t20-,21+,22+,23+,24-/m0/s1.